The first-order valence-electron chi connectivity index (χ1n) is 9.60. The molecule has 2 atom stereocenters. The molecule has 1 saturated heterocycles. The van der Waals surface area contributed by atoms with E-state index in [0.29, 0.717) is 34.0 Å². The number of halogens is 1. The molecule has 4 rings (SSSR count). The molecule has 1 aliphatic carbocycles. The highest BCUT2D eigenvalue weighted by atomic mass is 35.5. The van der Waals surface area contributed by atoms with Gasteiger partial charge in [-0.25, -0.2) is 4.98 Å². The quantitative estimate of drug-likeness (QED) is 0.342. The van der Waals surface area contributed by atoms with Gasteiger partial charge in [-0.3, -0.25) is 0 Å². The number of aromatic nitrogens is 1. The summed E-state index contributed by atoms with van der Waals surface area (Å²) in [5.74, 6) is 3.10. The van der Waals surface area contributed by atoms with Crippen LogP contribution in [0.5, 0.6) is 11.6 Å². The zero-order valence-electron chi connectivity index (χ0n) is 15.2. The van der Waals surface area contributed by atoms with Gasteiger partial charge in [0.25, 0.3) is 0 Å². The van der Waals surface area contributed by atoms with E-state index in [0.717, 1.165) is 25.4 Å². The number of oxime groups is 1. The van der Waals surface area contributed by atoms with Crippen molar-refractivity contribution in [2.45, 2.75) is 32.1 Å². The van der Waals surface area contributed by atoms with Gasteiger partial charge in [0.15, 0.2) is 5.84 Å². The van der Waals surface area contributed by atoms with Gasteiger partial charge < -0.3 is 14.8 Å². The van der Waals surface area contributed by atoms with Crippen LogP contribution in [0.3, 0.4) is 0 Å². The summed E-state index contributed by atoms with van der Waals surface area (Å²) < 4.78 is 5.96. The summed E-state index contributed by atoms with van der Waals surface area (Å²) in [6.45, 7) is 1.83. The number of hydrogen-bond donors (Lipinski definition) is 1. The SMILES string of the molecule is O/N=C(/c1cccnc1Oc1ccc(Cl)cc1)N1CCC2CCCCC2C1. The average Bonchev–Trinajstić information content (AvgIpc) is 2.71. The third kappa shape index (κ3) is 4.03. The van der Waals surface area contributed by atoms with Crippen LogP contribution in [0.1, 0.15) is 37.7 Å². The number of rotatable bonds is 3. The lowest BCUT2D eigenvalue weighted by molar-refractivity contribution is 0.127. The molecule has 5 nitrogen and oxygen atoms in total. The maximum absolute atomic E-state index is 9.80. The van der Waals surface area contributed by atoms with E-state index in [9.17, 15) is 5.21 Å². The van der Waals surface area contributed by atoms with E-state index >= 15 is 0 Å². The highest BCUT2D eigenvalue weighted by Gasteiger charge is 2.33. The Morgan fingerprint density at radius 1 is 1.11 bits per heavy atom. The van der Waals surface area contributed by atoms with Gasteiger partial charge in [-0.1, -0.05) is 36.0 Å². The summed E-state index contributed by atoms with van der Waals surface area (Å²) in [5, 5.41) is 14.1. The van der Waals surface area contributed by atoms with Crippen molar-refractivity contribution in [1.29, 1.82) is 0 Å². The van der Waals surface area contributed by atoms with E-state index < -0.39 is 0 Å². The Bertz CT molecular complexity index is 809. The Balaban J connectivity index is 1.57. The minimum absolute atomic E-state index is 0.429. The van der Waals surface area contributed by atoms with Crippen molar-refractivity contribution in [3.05, 3.63) is 53.2 Å². The first kappa shape index (κ1) is 18.1. The number of fused-ring (bicyclic) bond motifs is 1. The van der Waals surface area contributed by atoms with Crippen LogP contribution in [0, 0.1) is 11.8 Å². The van der Waals surface area contributed by atoms with Crippen LogP contribution in [0.4, 0.5) is 0 Å². The molecule has 2 unspecified atom stereocenters. The predicted molar refractivity (Wildman–Crippen MR) is 106 cm³/mol. The van der Waals surface area contributed by atoms with E-state index in [1.165, 1.54) is 25.7 Å². The van der Waals surface area contributed by atoms with Crippen LogP contribution in [0.2, 0.25) is 5.02 Å². The lowest BCUT2D eigenvalue weighted by Gasteiger charge is -2.42. The molecule has 1 N–H and O–H groups in total. The Labute approximate surface area is 164 Å². The van der Waals surface area contributed by atoms with Crippen molar-refractivity contribution in [2.24, 2.45) is 17.0 Å². The lowest BCUT2D eigenvalue weighted by Crippen LogP contribution is -2.45. The van der Waals surface area contributed by atoms with Gasteiger partial charge in [-0.2, -0.15) is 0 Å². The smallest absolute Gasteiger partial charge is 0.230 e. The third-order valence-corrected chi connectivity index (χ3v) is 5.98. The second kappa shape index (κ2) is 8.17. The van der Waals surface area contributed by atoms with Crippen LogP contribution < -0.4 is 4.74 Å². The summed E-state index contributed by atoms with van der Waals surface area (Å²) >= 11 is 5.95. The van der Waals surface area contributed by atoms with Gasteiger partial charge in [-0.05, 0) is 61.1 Å². The van der Waals surface area contributed by atoms with Crippen LogP contribution in [-0.4, -0.2) is 34.0 Å². The van der Waals surface area contributed by atoms with E-state index in [4.69, 9.17) is 16.3 Å². The molecule has 2 fully saturated rings. The van der Waals surface area contributed by atoms with Gasteiger partial charge in [0.2, 0.25) is 5.88 Å². The Morgan fingerprint density at radius 2 is 1.89 bits per heavy atom. The van der Waals surface area contributed by atoms with Gasteiger partial charge in [0.1, 0.15) is 5.75 Å². The summed E-state index contributed by atoms with van der Waals surface area (Å²) in [6, 6.07) is 10.9. The fraction of sp³-hybridized carbons (Fsp3) is 0.429. The number of piperidine rings is 1. The van der Waals surface area contributed by atoms with Crippen molar-refractivity contribution in [3.8, 4) is 11.6 Å². The van der Waals surface area contributed by atoms with Crippen LogP contribution in [-0.2, 0) is 0 Å². The number of amidine groups is 1. The number of likely N-dealkylation sites (tertiary alicyclic amines) is 1. The molecule has 0 amide bonds. The first-order chi connectivity index (χ1) is 13.2. The van der Waals surface area contributed by atoms with Gasteiger partial charge in [-0.15, -0.1) is 0 Å². The molecule has 27 heavy (non-hydrogen) atoms. The fourth-order valence-electron chi connectivity index (χ4n) is 4.34. The molecule has 1 aromatic carbocycles. The molecule has 1 aliphatic heterocycles. The molecule has 0 spiro atoms. The summed E-state index contributed by atoms with van der Waals surface area (Å²) in [7, 11) is 0. The van der Waals surface area contributed by atoms with Gasteiger partial charge >= 0.3 is 0 Å². The van der Waals surface area contributed by atoms with Crippen molar-refractivity contribution in [1.82, 2.24) is 9.88 Å². The number of nitrogens with zero attached hydrogens (tertiary/aromatic N) is 3. The van der Waals surface area contributed by atoms with Crippen molar-refractivity contribution < 1.29 is 9.94 Å². The molecule has 142 valence electrons. The summed E-state index contributed by atoms with van der Waals surface area (Å²) in [5.41, 5.74) is 0.698. The monoisotopic (exact) mass is 385 g/mol. The highest BCUT2D eigenvalue weighted by Crippen LogP contribution is 2.37. The Hall–Kier alpha value is -2.27. The van der Waals surface area contributed by atoms with Gasteiger partial charge in [0.05, 0.1) is 5.56 Å². The second-order valence-corrected chi connectivity index (χ2v) is 7.81. The number of pyridine rings is 1. The summed E-state index contributed by atoms with van der Waals surface area (Å²) in [4.78, 5) is 6.55. The molecular formula is C21H24ClN3O2. The average molecular weight is 386 g/mol. The Morgan fingerprint density at radius 3 is 2.67 bits per heavy atom. The van der Waals surface area contributed by atoms with Crippen molar-refractivity contribution in [2.75, 3.05) is 13.1 Å². The van der Waals surface area contributed by atoms with Crippen LogP contribution in [0.25, 0.3) is 0 Å². The van der Waals surface area contributed by atoms with Crippen LogP contribution in [0.15, 0.2) is 47.8 Å². The molecule has 0 bridgehead atoms. The lowest BCUT2D eigenvalue weighted by atomic mass is 9.75. The molecule has 2 aromatic rings. The normalized spacial score (nSPS) is 23.0. The van der Waals surface area contributed by atoms with Gasteiger partial charge in [0, 0.05) is 24.3 Å². The molecule has 1 saturated carbocycles. The van der Waals surface area contributed by atoms with E-state index in [2.05, 4.69) is 15.0 Å². The topological polar surface area (TPSA) is 58.0 Å². The minimum Gasteiger partial charge on any atom is -0.438 e. The second-order valence-electron chi connectivity index (χ2n) is 7.38. The van der Waals surface area contributed by atoms with E-state index in [1.54, 1.807) is 30.5 Å². The number of ether oxygens (including phenoxy) is 1. The highest BCUT2D eigenvalue weighted by molar-refractivity contribution is 6.30. The number of benzene rings is 1. The third-order valence-electron chi connectivity index (χ3n) is 5.73. The van der Waals surface area contributed by atoms with E-state index in [-0.39, 0.29) is 0 Å². The molecule has 6 heteroatoms. The molecule has 2 heterocycles. The standard InChI is InChI=1S/C21H24ClN3O2/c22-17-7-9-18(10-8-17)27-21-19(6-3-12-23-21)20(24-26)25-13-11-15-4-1-2-5-16(15)14-25/h3,6-10,12,15-16,26H,1-2,4-5,11,13-14H2/b24-20-. The van der Waals surface area contributed by atoms with Crippen LogP contribution >= 0.6 is 11.6 Å². The zero-order valence-corrected chi connectivity index (χ0v) is 16.0. The summed E-state index contributed by atoms with van der Waals surface area (Å²) in [6.07, 6.45) is 8.08. The molecule has 0 radical (unpaired) electrons. The maximum atomic E-state index is 9.80. The maximum Gasteiger partial charge on any atom is 0.230 e. The predicted octanol–water partition coefficient (Wildman–Crippen LogP) is 5.18. The largest absolute Gasteiger partial charge is 0.438 e. The Kier molecular flexibility index (Phi) is 5.48. The molecular weight excluding hydrogens is 362 g/mol. The molecule has 1 aromatic heterocycles. The van der Waals surface area contributed by atoms with Crippen molar-refractivity contribution >= 4 is 17.4 Å². The first-order valence-corrected chi connectivity index (χ1v) is 9.98. The van der Waals surface area contributed by atoms with E-state index in [1.807, 2.05) is 12.1 Å². The number of hydrogen-bond acceptors (Lipinski definition) is 4. The zero-order chi connectivity index (χ0) is 18.6. The fourth-order valence-corrected chi connectivity index (χ4v) is 4.46. The minimum atomic E-state index is 0.429. The molecule has 2 aliphatic rings. The van der Waals surface area contributed by atoms with Crippen molar-refractivity contribution in [3.63, 3.8) is 0 Å².